The highest BCUT2D eigenvalue weighted by molar-refractivity contribution is 7.09. The lowest BCUT2D eigenvalue weighted by Gasteiger charge is -2.02. The lowest BCUT2D eigenvalue weighted by Crippen LogP contribution is -2.24. The van der Waals surface area contributed by atoms with Crippen LogP contribution in [0.15, 0.2) is 5.38 Å². The van der Waals surface area contributed by atoms with Gasteiger partial charge in [0.2, 0.25) is 0 Å². The monoisotopic (exact) mass is 228 g/mol. The van der Waals surface area contributed by atoms with Crippen LogP contribution in [0.5, 0.6) is 0 Å². The number of amides is 1. The van der Waals surface area contributed by atoms with E-state index in [0.717, 1.165) is 24.5 Å². The molecule has 84 valence electrons. The third kappa shape index (κ3) is 4.40. The summed E-state index contributed by atoms with van der Waals surface area (Å²) in [6.07, 6.45) is 1.90. The van der Waals surface area contributed by atoms with Crippen LogP contribution in [-0.4, -0.2) is 31.2 Å². The predicted molar refractivity (Wildman–Crippen MR) is 60.3 cm³/mol. The Balaban J connectivity index is 2.19. The Bertz CT molecular complexity index is 312. The van der Waals surface area contributed by atoms with Crippen molar-refractivity contribution < 1.29 is 9.53 Å². The number of nitrogens with zero attached hydrogens (tertiary/aromatic N) is 1. The van der Waals surface area contributed by atoms with Gasteiger partial charge in [0.15, 0.2) is 0 Å². The van der Waals surface area contributed by atoms with Crippen LogP contribution in [0.2, 0.25) is 0 Å². The zero-order chi connectivity index (χ0) is 11.1. The van der Waals surface area contributed by atoms with E-state index in [1.165, 1.54) is 11.3 Å². The Morgan fingerprint density at radius 2 is 2.40 bits per heavy atom. The van der Waals surface area contributed by atoms with Crippen molar-refractivity contribution in [3.05, 3.63) is 16.1 Å². The molecule has 0 radical (unpaired) electrons. The van der Waals surface area contributed by atoms with Crippen molar-refractivity contribution in [2.24, 2.45) is 0 Å². The number of unbranched alkanes of at least 4 members (excludes halogenated alkanes) is 1. The number of carbonyl (C=O) groups excluding carboxylic acids is 1. The molecule has 0 unspecified atom stereocenters. The molecular formula is C10H16N2O2S. The maximum atomic E-state index is 11.5. The molecule has 0 aliphatic carbocycles. The van der Waals surface area contributed by atoms with E-state index in [9.17, 15) is 4.79 Å². The first kappa shape index (κ1) is 12.1. The van der Waals surface area contributed by atoms with Crippen molar-refractivity contribution in [1.29, 1.82) is 0 Å². The van der Waals surface area contributed by atoms with Crippen LogP contribution in [0.1, 0.15) is 28.3 Å². The van der Waals surface area contributed by atoms with Crippen molar-refractivity contribution in [2.75, 3.05) is 20.3 Å². The molecule has 1 heterocycles. The quantitative estimate of drug-likeness (QED) is 0.753. The molecule has 1 aromatic rings. The Morgan fingerprint density at radius 3 is 3.00 bits per heavy atom. The molecule has 1 rings (SSSR count). The molecule has 4 nitrogen and oxygen atoms in total. The van der Waals surface area contributed by atoms with Crippen molar-refractivity contribution in [1.82, 2.24) is 10.3 Å². The molecule has 0 atom stereocenters. The Hall–Kier alpha value is -0.940. The van der Waals surface area contributed by atoms with E-state index in [2.05, 4.69) is 10.3 Å². The van der Waals surface area contributed by atoms with Crippen molar-refractivity contribution >= 4 is 17.2 Å². The van der Waals surface area contributed by atoms with Gasteiger partial charge >= 0.3 is 0 Å². The number of aryl methyl sites for hydroxylation is 1. The molecule has 1 amide bonds. The van der Waals surface area contributed by atoms with Gasteiger partial charge in [-0.2, -0.15) is 0 Å². The highest BCUT2D eigenvalue weighted by Gasteiger charge is 2.07. The van der Waals surface area contributed by atoms with Gasteiger partial charge in [0.05, 0.1) is 5.01 Å². The summed E-state index contributed by atoms with van der Waals surface area (Å²) >= 11 is 1.49. The number of carbonyl (C=O) groups is 1. The van der Waals surface area contributed by atoms with Gasteiger partial charge in [-0.25, -0.2) is 4.98 Å². The minimum Gasteiger partial charge on any atom is -0.385 e. The van der Waals surface area contributed by atoms with Crippen LogP contribution in [0.3, 0.4) is 0 Å². The molecule has 0 aliphatic rings. The molecule has 0 spiro atoms. The van der Waals surface area contributed by atoms with Gasteiger partial charge in [-0.1, -0.05) is 0 Å². The van der Waals surface area contributed by atoms with E-state index in [1.807, 2.05) is 6.92 Å². The fourth-order valence-corrected chi connectivity index (χ4v) is 1.72. The van der Waals surface area contributed by atoms with Crippen LogP contribution in [-0.2, 0) is 4.74 Å². The fourth-order valence-electron chi connectivity index (χ4n) is 1.13. The average molecular weight is 228 g/mol. The van der Waals surface area contributed by atoms with Crippen LogP contribution in [0, 0.1) is 6.92 Å². The summed E-state index contributed by atoms with van der Waals surface area (Å²) < 4.78 is 4.91. The summed E-state index contributed by atoms with van der Waals surface area (Å²) in [6, 6.07) is 0. The number of ether oxygens (including phenoxy) is 1. The smallest absolute Gasteiger partial charge is 0.270 e. The number of aromatic nitrogens is 1. The van der Waals surface area contributed by atoms with Gasteiger partial charge < -0.3 is 10.1 Å². The van der Waals surface area contributed by atoms with E-state index >= 15 is 0 Å². The third-order valence-electron chi connectivity index (χ3n) is 1.91. The molecule has 0 bridgehead atoms. The predicted octanol–water partition coefficient (Wildman–Crippen LogP) is 1.61. The van der Waals surface area contributed by atoms with Crippen LogP contribution in [0.25, 0.3) is 0 Å². The fraction of sp³-hybridized carbons (Fsp3) is 0.600. The second-order valence-electron chi connectivity index (χ2n) is 3.21. The van der Waals surface area contributed by atoms with Crippen LogP contribution >= 0.6 is 11.3 Å². The molecule has 0 saturated carbocycles. The van der Waals surface area contributed by atoms with Gasteiger partial charge in [-0.3, -0.25) is 4.79 Å². The zero-order valence-corrected chi connectivity index (χ0v) is 9.89. The molecule has 0 fully saturated rings. The normalized spacial score (nSPS) is 10.3. The summed E-state index contributed by atoms with van der Waals surface area (Å²) in [6.45, 7) is 3.31. The Morgan fingerprint density at radius 1 is 1.60 bits per heavy atom. The molecule has 5 heteroatoms. The summed E-state index contributed by atoms with van der Waals surface area (Å²) in [5, 5.41) is 5.51. The first-order valence-corrected chi connectivity index (χ1v) is 5.81. The summed E-state index contributed by atoms with van der Waals surface area (Å²) in [4.78, 5) is 15.6. The highest BCUT2D eigenvalue weighted by atomic mass is 32.1. The Kier molecular flexibility index (Phi) is 5.28. The third-order valence-corrected chi connectivity index (χ3v) is 2.69. The largest absolute Gasteiger partial charge is 0.385 e. The van der Waals surface area contributed by atoms with Crippen LogP contribution in [0.4, 0.5) is 0 Å². The molecule has 0 aromatic carbocycles. The number of methoxy groups -OCH3 is 1. The van der Waals surface area contributed by atoms with E-state index in [4.69, 9.17) is 4.74 Å². The zero-order valence-electron chi connectivity index (χ0n) is 9.08. The molecular weight excluding hydrogens is 212 g/mol. The van der Waals surface area contributed by atoms with Crippen LogP contribution < -0.4 is 5.32 Å². The first-order chi connectivity index (χ1) is 7.24. The molecule has 0 aliphatic heterocycles. The minimum absolute atomic E-state index is 0.0863. The SMILES string of the molecule is COCCCCNC(=O)c1csc(C)n1. The van der Waals surface area contributed by atoms with E-state index in [1.54, 1.807) is 12.5 Å². The first-order valence-electron chi connectivity index (χ1n) is 4.93. The summed E-state index contributed by atoms with van der Waals surface area (Å²) in [5.74, 6) is -0.0863. The van der Waals surface area contributed by atoms with Gasteiger partial charge in [0.25, 0.3) is 5.91 Å². The van der Waals surface area contributed by atoms with Gasteiger partial charge in [0, 0.05) is 25.6 Å². The van der Waals surface area contributed by atoms with Crippen molar-refractivity contribution in [3.8, 4) is 0 Å². The molecule has 15 heavy (non-hydrogen) atoms. The van der Waals surface area contributed by atoms with Crippen molar-refractivity contribution in [3.63, 3.8) is 0 Å². The van der Waals surface area contributed by atoms with Crippen molar-refractivity contribution in [2.45, 2.75) is 19.8 Å². The maximum absolute atomic E-state index is 11.5. The number of thiazole rings is 1. The lowest BCUT2D eigenvalue weighted by molar-refractivity contribution is 0.0947. The summed E-state index contributed by atoms with van der Waals surface area (Å²) in [5.41, 5.74) is 0.518. The molecule has 0 saturated heterocycles. The summed E-state index contributed by atoms with van der Waals surface area (Å²) in [7, 11) is 1.68. The van der Waals surface area contributed by atoms with Gasteiger partial charge in [-0.15, -0.1) is 11.3 Å². The van der Waals surface area contributed by atoms with E-state index < -0.39 is 0 Å². The average Bonchev–Trinajstić information content (AvgIpc) is 2.64. The number of rotatable bonds is 6. The second-order valence-corrected chi connectivity index (χ2v) is 4.27. The second kappa shape index (κ2) is 6.53. The molecule has 1 N–H and O–H groups in total. The lowest BCUT2D eigenvalue weighted by atomic mass is 10.3. The topological polar surface area (TPSA) is 51.2 Å². The number of hydrogen-bond donors (Lipinski definition) is 1. The standard InChI is InChI=1S/C10H16N2O2S/c1-8-12-9(7-15-8)10(13)11-5-3-4-6-14-2/h7H,3-6H2,1-2H3,(H,11,13). The Labute approximate surface area is 93.7 Å². The van der Waals surface area contributed by atoms with E-state index in [0.29, 0.717) is 12.2 Å². The highest BCUT2D eigenvalue weighted by Crippen LogP contribution is 2.07. The van der Waals surface area contributed by atoms with Gasteiger partial charge in [-0.05, 0) is 19.8 Å². The molecule has 1 aromatic heterocycles. The number of nitrogens with one attached hydrogen (secondary N) is 1. The minimum atomic E-state index is -0.0863. The number of hydrogen-bond acceptors (Lipinski definition) is 4. The van der Waals surface area contributed by atoms with Gasteiger partial charge in [0.1, 0.15) is 5.69 Å². The van der Waals surface area contributed by atoms with E-state index in [-0.39, 0.29) is 5.91 Å². The maximum Gasteiger partial charge on any atom is 0.270 e.